The maximum Gasteiger partial charge on any atom is 0.313 e. The van der Waals surface area contributed by atoms with Crippen molar-refractivity contribution in [1.29, 1.82) is 5.26 Å². The molecule has 21 heavy (non-hydrogen) atoms. The van der Waals surface area contributed by atoms with Crippen LogP contribution in [0.4, 0.5) is 5.69 Å². The summed E-state index contributed by atoms with van der Waals surface area (Å²) in [7, 11) is 0. The van der Waals surface area contributed by atoms with Gasteiger partial charge in [0.25, 0.3) is 0 Å². The number of halogens is 1. The molecule has 0 spiro atoms. The van der Waals surface area contributed by atoms with E-state index in [-0.39, 0.29) is 22.5 Å². The fraction of sp³-hybridized carbons (Fsp3) is 0.500. The number of hydrogen-bond acceptors (Lipinski definition) is 5. The third-order valence-corrected chi connectivity index (χ3v) is 3.37. The molecule has 0 heterocycles. The molecule has 0 aliphatic heterocycles. The van der Waals surface area contributed by atoms with E-state index in [1.54, 1.807) is 6.07 Å². The summed E-state index contributed by atoms with van der Waals surface area (Å²) in [5.74, 6) is 0.232. The first-order valence-electron chi connectivity index (χ1n) is 6.50. The van der Waals surface area contributed by atoms with Crippen molar-refractivity contribution >= 4 is 28.3 Å². The molecule has 0 bridgehead atoms. The third-order valence-electron chi connectivity index (χ3n) is 2.57. The van der Waals surface area contributed by atoms with Gasteiger partial charge < -0.3 is 10.1 Å². The Morgan fingerprint density at radius 2 is 2.14 bits per heavy atom. The zero-order valence-corrected chi connectivity index (χ0v) is 14.4. The largest absolute Gasteiger partial charge is 0.486 e. The van der Waals surface area contributed by atoms with Crippen molar-refractivity contribution in [2.75, 3.05) is 13.2 Å². The lowest BCUT2D eigenvalue weighted by molar-refractivity contribution is -0.386. The summed E-state index contributed by atoms with van der Waals surface area (Å²) in [6, 6.07) is 4.73. The smallest absolute Gasteiger partial charge is 0.313 e. The molecule has 0 fully saturated rings. The molecule has 1 aromatic rings. The summed E-state index contributed by atoms with van der Waals surface area (Å²) in [4.78, 5) is 10.5. The Morgan fingerprint density at radius 1 is 1.48 bits per heavy atom. The lowest BCUT2D eigenvalue weighted by Crippen LogP contribution is -2.36. The van der Waals surface area contributed by atoms with Gasteiger partial charge in [-0.05, 0) is 62.4 Å². The standard InChI is InChI=1S/C14H18IN3O3/c1-14(2,3)17-5-4-6-21-13-11(15)7-10(9-16)8-12(13)18(19)20/h7-8,17H,4-6H2,1-3H3. The van der Waals surface area contributed by atoms with Crippen LogP contribution in [0.5, 0.6) is 5.75 Å². The Labute approximate surface area is 137 Å². The predicted molar refractivity (Wildman–Crippen MR) is 88.4 cm³/mol. The number of nitrogens with one attached hydrogen (secondary N) is 1. The minimum absolute atomic E-state index is 0.0366. The summed E-state index contributed by atoms with van der Waals surface area (Å²) in [5.41, 5.74) is 0.129. The minimum atomic E-state index is -0.522. The van der Waals surface area contributed by atoms with Gasteiger partial charge in [-0.2, -0.15) is 5.26 Å². The molecule has 6 nitrogen and oxygen atoms in total. The monoisotopic (exact) mass is 403 g/mol. The molecular formula is C14H18IN3O3. The van der Waals surface area contributed by atoms with E-state index in [9.17, 15) is 10.1 Å². The second kappa shape index (κ2) is 7.56. The van der Waals surface area contributed by atoms with Gasteiger partial charge in [-0.3, -0.25) is 10.1 Å². The summed E-state index contributed by atoms with van der Waals surface area (Å²) in [6.07, 6.45) is 0.741. The van der Waals surface area contributed by atoms with Crippen LogP contribution in [0.2, 0.25) is 0 Å². The number of nitro groups is 1. The lowest BCUT2D eigenvalue weighted by atomic mass is 10.1. The van der Waals surface area contributed by atoms with Crippen LogP contribution in [0.25, 0.3) is 0 Å². The molecule has 0 amide bonds. The maximum absolute atomic E-state index is 11.1. The highest BCUT2D eigenvalue weighted by Gasteiger charge is 2.20. The fourth-order valence-electron chi connectivity index (χ4n) is 1.63. The number of benzene rings is 1. The lowest BCUT2D eigenvalue weighted by Gasteiger charge is -2.20. The van der Waals surface area contributed by atoms with Crippen LogP contribution in [0.15, 0.2) is 12.1 Å². The Balaban J connectivity index is 2.71. The van der Waals surface area contributed by atoms with Gasteiger partial charge in [0.05, 0.1) is 26.7 Å². The molecule has 1 aromatic carbocycles. The van der Waals surface area contributed by atoms with Crippen LogP contribution in [0, 0.1) is 25.0 Å². The molecule has 0 aliphatic carbocycles. The van der Waals surface area contributed by atoms with E-state index in [1.165, 1.54) is 6.07 Å². The number of ether oxygens (including phenoxy) is 1. The Morgan fingerprint density at radius 3 is 2.67 bits per heavy atom. The molecule has 0 aromatic heterocycles. The van der Waals surface area contributed by atoms with Crippen molar-refractivity contribution in [1.82, 2.24) is 5.32 Å². The highest BCUT2D eigenvalue weighted by Crippen LogP contribution is 2.33. The Bertz CT molecular complexity index is 562. The third kappa shape index (κ3) is 5.85. The molecule has 114 valence electrons. The average molecular weight is 403 g/mol. The molecular weight excluding hydrogens is 385 g/mol. The van der Waals surface area contributed by atoms with E-state index in [1.807, 2.05) is 28.7 Å². The van der Waals surface area contributed by atoms with Crippen LogP contribution in [-0.4, -0.2) is 23.6 Å². The highest BCUT2D eigenvalue weighted by atomic mass is 127. The van der Waals surface area contributed by atoms with Crippen molar-refractivity contribution < 1.29 is 9.66 Å². The van der Waals surface area contributed by atoms with Crippen molar-refractivity contribution in [3.8, 4) is 11.8 Å². The van der Waals surface area contributed by atoms with Crippen LogP contribution in [-0.2, 0) is 0 Å². The Kier molecular flexibility index (Phi) is 6.36. The van der Waals surface area contributed by atoms with Gasteiger partial charge in [0.2, 0.25) is 5.75 Å². The molecule has 0 radical (unpaired) electrons. The van der Waals surface area contributed by atoms with Crippen molar-refractivity contribution in [3.05, 3.63) is 31.4 Å². The van der Waals surface area contributed by atoms with E-state index >= 15 is 0 Å². The molecule has 0 aliphatic rings. The first-order valence-corrected chi connectivity index (χ1v) is 7.58. The minimum Gasteiger partial charge on any atom is -0.486 e. The van der Waals surface area contributed by atoms with Crippen LogP contribution in [0.1, 0.15) is 32.8 Å². The van der Waals surface area contributed by atoms with Crippen LogP contribution in [0.3, 0.4) is 0 Å². The second-order valence-electron chi connectivity index (χ2n) is 5.55. The van der Waals surface area contributed by atoms with Gasteiger partial charge in [-0.15, -0.1) is 0 Å². The molecule has 1 rings (SSSR count). The van der Waals surface area contributed by atoms with Crippen molar-refractivity contribution in [2.45, 2.75) is 32.7 Å². The maximum atomic E-state index is 11.1. The first kappa shape index (κ1) is 17.7. The fourth-order valence-corrected chi connectivity index (χ4v) is 2.40. The topological polar surface area (TPSA) is 88.2 Å². The molecule has 1 N–H and O–H groups in total. The van der Waals surface area contributed by atoms with Gasteiger partial charge >= 0.3 is 5.69 Å². The van der Waals surface area contributed by atoms with Crippen LogP contribution >= 0.6 is 22.6 Å². The van der Waals surface area contributed by atoms with Gasteiger partial charge in [-0.25, -0.2) is 0 Å². The van der Waals surface area contributed by atoms with E-state index in [0.717, 1.165) is 13.0 Å². The number of nitrogens with zero attached hydrogens (tertiary/aromatic N) is 2. The van der Waals surface area contributed by atoms with E-state index in [0.29, 0.717) is 10.2 Å². The summed E-state index contributed by atoms with van der Waals surface area (Å²) >= 11 is 1.95. The zero-order chi connectivity index (χ0) is 16.0. The Hall–Kier alpha value is -1.40. The normalized spacial score (nSPS) is 11.0. The molecule has 0 saturated heterocycles. The summed E-state index contributed by atoms with van der Waals surface area (Å²) < 4.78 is 6.12. The number of nitro benzene ring substituents is 1. The highest BCUT2D eigenvalue weighted by molar-refractivity contribution is 14.1. The number of nitriles is 1. The van der Waals surface area contributed by atoms with E-state index in [4.69, 9.17) is 10.00 Å². The first-order chi connectivity index (χ1) is 9.74. The summed E-state index contributed by atoms with van der Waals surface area (Å²) in [5, 5.41) is 23.2. The molecule has 0 saturated carbocycles. The molecule has 0 atom stereocenters. The summed E-state index contributed by atoms with van der Waals surface area (Å²) in [6.45, 7) is 7.36. The zero-order valence-electron chi connectivity index (χ0n) is 12.3. The van der Waals surface area contributed by atoms with E-state index < -0.39 is 4.92 Å². The van der Waals surface area contributed by atoms with Gasteiger partial charge in [0.15, 0.2) is 0 Å². The number of rotatable bonds is 6. The van der Waals surface area contributed by atoms with Gasteiger partial charge in [0.1, 0.15) is 0 Å². The molecule has 7 heteroatoms. The quantitative estimate of drug-likeness (QED) is 0.341. The average Bonchev–Trinajstić information content (AvgIpc) is 2.37. The van der Waals surface area contributed by atoms with Gasteiger partial charge in [0, 0.05) is 11.6 Å². The van der Waals surface area contributed by atoms with E-state index in [2.05, 4.69) is 26.1 Å². The molecule has 0 unspecified atom stereocenters. The van der Waals surface area contributed by atoms with Crippen LogP contribution < -0.4 is 10.1 Å². The number of hydrogen-bond donors (Lipinski definition) is 1. The van der Waals surface area contributed by atoms with Gasteiger partial charge in [-0.1, -0.05) is 0 Å². The van der Waals surface area contributed by atoms with Crippen molar-refractivity contribution in [2.24, 2.45) is 0 Å². The second-order valence-corrected chi connectivity index (χ2v) is 6.72. The SMILES string of the molecule is CC(C)(C)NCCCOc1c(I)cc(C#N)cc1[N+](=O)[O-]. The van der Waals surface area contributed by atoms with Crippen molar-refractivity contribution in [3.63, 3.8) is 0 Å². The predicted octanol–water partition coefficient (Wildman–Crippen LogP) is 3.23.